The SMILES string of the molecule is CCC(=O)O[C@H]1[C@H](F)[C@H](n2cc(F)c(N)nc2=O)O[C@]1(CCl)CC(C)C(=O)OC. The largest absolute Gasteiger partial charge is 0.469 e. The van der Waals surface area contributed by atoms with E-state index in [4.69, 9.17) is 26.8 Å². The van der Waals surface area contributed by atoms with Crippen molar-refractivity contribution >= 4 is 29.4 Å². The molecule has 0 radical (unpaired) electrons. The first kappa shape index (κ1) is 23.0. The van der Waals surface area contributed by atoms with Crippen LogP contribution in [-0.4, -0.2) is 52.4 Å². The summed E-state index contributed by atoms with van der Waals surface area (Å²) in [6, 6.07) is 0. The highest BCUT2D eigenvalue weighted by molar-refractivity contribution is 6.18. The fraction of sp³-hybridized carbons (Fsp3) is 0.647. The lowest BCUT2D eigenvalue weighted by Crippen LogP contribution is -2.48. The van der Waals surface area contributed by atoms with Gasteiger partial charge in [0.05, 0.1) is 25.1 Å². The van der Waals surface area contributed by atoms with Crippen molar-refractivity contribution in [2.24, 2.45) is 5.92 Å². The molecule has 1 fully saturated rings. The summed E-state index contributed by atoms with van der Waals surface area (Å²) in [5.41, 5.74) is 2.51. The maximum Gasteiger partial charge on any atom is 0.351 e. The first-order valence-electron chi connectivity index (χ1n) is 8.79. The fourth-order valence-electron chi connectivity index (χ4n) is 3.19. The van der Waals surface area contributed by atoms with E-state index < -0.39 is 59.3 Å². The van der Waals surface area contributed by atoms with Crippen molar-refractivity contribution in [1.82, 2.24) is 9.55 Å². The molecule has 1 aromatic heterocycles. The lowest BCUT2D eigenvalue weighted by Gasteiger charge is -2.33. The molecule has 1 aromatic rings. The Balaban J connectivity index is 2.50. The molecule has 1 saturated heterocycles. The Bertz CT molecular complexity index is 838. The molecule has 2 N–H and O–H groups in total. The number of carbonyl (C=O) groups excluding carboxylic acids is 2. The summed E-state index contributed by atoms with van der Waals surface area (Å²) in [6.07, 6.45) is -4.95. The molecule has 1 aliphatic rings. The van der Waals surface area contributed by atoms with E-state index >= 15 is 4.39 Å². The Morgan fingerprint density at radius 1 is 1.52 bits per heavy atom. The van der Waals surface area contributed by atoms with E-state index in [1.54, 1.807) is 0 Å². The highest BCUT2D eigenvalue weighted by Gasteiger charge is 2.59. The van der Waals surface area contributed by atoms with Crippen molar-refractivity contribution in [2.75, 3.05) is 18.7 Å². The number of hydrogen-bond acceptors (Lipinski definition) is 8. The number of alkyl halides is 2. The third kappa shape index (κ3) is 4.50. The number of nitrogens with two attached hydrogens (primary N) is 1. The molecule has 12 heteroatoms. The zero-order valence-corrected chi connectivity index (χ0v) is 16.8. The molecule has 0 bridgehead atoms. The standard InChI is InChI=1S/C17H22ClF2N3O6/c1-4-10(24)28-12-11(20)14(23-6-9(19)13(21)22-16(23)26)29-17(12,7-18)5-8(2)15(25)27-3/h6,8,11-12,14H,4-5,7H2,1-3H3,(H2,21,22,26)/t8?,11-,12-,14+,17-/m0/s1. The molecule has 5 atom stereocenters. The predicted octanol–water partition coefficient (Wildman–Crippen LogP) is 1.33. The van der Waals surface area contributed by atoms with Gasteiger partial charge in [0.25, 0.3) is 0 Å². The number of hydrogen-bond donors (Lipinski definition) is 1. The van der Waals surface area contributed by atoms with Gasteiger partial charge in [-0.05, 0) is 6.42 Å². The quantitative estimate of drug-likeness (QED) is 0.500. The average Bonchev–Trinajstić information content (AvgIpc) is 2.96. The van der Waals surface area contributed by atoms with Crippen molar-refractivity contribution in [1.29, 1.82) is 0 Å². The first-order chi connectivity index (χ1) is 13.6. The molecule has 0 aliphatic carbocycles. The zero-order valence-electron chi connectivity index (χ0n) is 16.1. The molecule has 1 aliphatic heterocycles. The van der Waals surface area contributed by atoms with E-state index in [2.05, 4.69) is 9.72 Å². The van der Waals surface area contributed by atoms with Gasteiger partial charge in [0.2, 0.25) is 0 Å². The second-order valence-corrected chi connectivity index (χ2v) is 6.97. The van der Waals surface area contributed by atoms with Gasteiger partial charge in [-0.1, -0.05) is 13.8 Å². The minimum Gasteiger partial charge on any atom is -0.469 e. The number of nitrogens with zero attached hydrogens (tertiary/aromatic N) is 2. The summed E-state index contributed by atoms with van der Waals surface area (Å²) in [5, 5.41) is 0. The van der Waals surface area contributed by atoms with Gasteiger partial charge in [0.1, 0.15) is 5.60 Å². The van der Waals surface area contributed by atoms with Crippen LogP contribution in [0.1, 0.15) is 32.9 Å². The fourth-order valence-corrected chi connectivity index (χ4v) is 3.51. The molecule has 0 spiro atoms. The second kappa shape index (κ2) is 9.04. The minimum atomic E-state index is -2.10. The van der Waals surface area contributed by atoms with E-state index in [1.165, 1.54) is 21.0 Å². The van der Waals surface area contributed by atoms with Gasteiger partial charge < -0.3 is 19.9 Å². The minimum absolute atomic E-state index is 0.0587. The number of esters is 2. The highest BCUT2D eigenvalue weighted by atomic mass is 35.5. The molecule has 29 heavy (non-hydrogen) atoms. The van der Waals surface area contributed by atoms with Crippen LogP contribution in [0.15, 0.2) is 11.0 Å². The van der Waals surface area contributed by atoms with Crippen LogP contribution in [0.4, 0.5) is 14.6 Å². The topological polar surface area (TPSA) is 123 Å². The first-order valence-corrected chi connectivity index (χ1v) is 9.33. The van der Waals surface area contributed by atoms with Gasteiger partial charge in [-0.25, -0.2) is 13.6 Å². The molecule has 2 heterocycles. The molecular formula is C17H22ClF2N3O6. The van der Waals surface area contributed by atoms with E-state index in [1.807, 2.05) is 0 Å². The molecule has 0 aromatic carbocycles. The summed E-state index contributed by atoms with van der Waals surface area (Å²) in [6.45, 7) is 3.01. The van der Waals surface area contributed by atoms with Gasteiger partial charge in [-0.3, -0.25) is 14.2 Å². The van der Waals surface area contributed by atoms with Crippen LogP contribution in [0.5, 0.6) is 0 Å². The average molecular weight is 438 g/mol. The van der Waals surface area contributed by atoms with Gasteiger partial charge in [0.15, 0.2) is 30.1 Å². The van der Waals surface area contributed by atoms with E-state index in [0.29, 0.717) is 10.8 Å². The summed E-state index contributed by atoms with van der Waals surface area (Å²) in [4.78, 5) is 39.1. The number of nitrogen functional groups attached to an aromatic ring is 1. The lowest BCUT2D eigenvalue weighted by atomic mass is 9.87. The van der Waals surface area contributed by atoms with E-state index in [-0.39, 0.29) is 18.7 Å². The van der Waals surface area contributed by atoms with Crippen LogP contribution in [0.3, 0.4) is 0 Å². The molecule has 0 amide bonds. The Labute approximate surface area is 170 Å². The normalized spacial score (nSPS) is 27.4. The van der Waals surface area contributed by atoms with Gasteiger partial charge >= 0.3 is 17.6 Å². The maximum atomic E-state index is 15.3. The van der Waals surface area contributed by atoms with E-state index in [9.17, 15) is 18.8 Å². The third-order valence-corrected chi connectivity index (χ3v) is 5.12. The van der Waals surface area contributed by atoms with Crippen LogP contribution in [0.2, 0.25) is 0 Å². The number of methoxy groups -OCH3 is 1. The van der Waals surface area contributed by atoms with Crippen LogP contribution in [-0.2, 0) is 23.8 Å². The summed E-state index contributed by atoms with van der Waals surface area (Å²) in [5.74, 6) is -4.26. The Hall–Kier alpha value is -2.27. The number of carbonyl (C=O) groups is 2. The maximum absolute atomic E-state index is 15.3. The number of ether oxygens (including phenoxy) is 3. The smallest absolute Gasteiger partial charge is 0.351 e. The molecule has 9 nitrogen and oxygen atoms in total. The highest BCUT2D eigenvalue weighted by Crippen LogP contribution is 2.45. The summed E-state index contributed by atoms with van der Waals surface area (Å²) < 4.78 is 45.4. The van der Waals surface area contributed by atoms with Crippen molar-refractivity contribution < 1.29 is 32.6 Å². The van der Waals surface area contributed by atoms with Crippen molar-refractivity contribution in [2.45, 2.75) is 50.8 Å². The zero-order chi connectivity index (χ0) is 21.9. The van der Waals surface area contributed by atoms with Gasteiger partial charge in [-0.15, -0.1) is 11.6 Å². The molecule has 0 saturated carbocycles. The van der Waals surface area contributed by atoms with Gasteiger partial charge in [0, 0.05) is 6.42 Å². The van der Waals surface area contributed by atoms with Crippen molar-refractivity contribution in [3.8, 4) is 0 Å². The molecule has 162 valence electrons. The number of rotatable bonds is 7. The van der Waals surface area contributed by atoms with Crippen LogP contribution in [0.25, 0.3) is 0 Å². The second-order valence-electron chi connectivity index (χ2n) is 6.71. The summed E-state index contributed by atoms with van der Waals surface area (Å²) in [7, 11) is 1.18. The number of aromatic nitrogens is 2. The predicted molar refractivity (Wildman–Crippen MR) is 97.3 cm³/mol. The van der Waals surface area contributed by atoms with Crippen LogP contribution < -0.4 is 11.4 Å². The molecule has 1 unspecified atom stereocenters. The Morgan fingerprint density at radius 2 is 2.17 bits per heavy atom. The van der Waals surface area contributed by atoms with Crippen LogP contribution >= 0.6 is 11.6 Å². The summed E-state index contributed by atoms with van der Waals surface area (Å²) >= 11 is 6.06. The number of halogens is 3. The van der Waals surface area contributed by atoms with Crippen LogP contribution in [0, 0.1) is 11.7 Å². The lowest BCUT2D eigenvalue weighted by molar-refractivity contribution is -0.164. The van der Waals surface area contributed by atoms with Crippen molar-refractivity contribution in [3.05, 3.63) is 22.5 Å². The number of anilines is 1. The Morgan fingerprint density at radius 3 is 2.72 bits per heavy atom. The van der Waals surface area contributed by atoms with E-state index in [0.717, 1.165) is 0 Å². The Kier molecular flexibility index (Phi) is 7.17. The monoisotopic (exact) mass is 437 g/mol. The van der Waals surface area contributed by atoms with Crippen molar-refractivity contribution in [3.63, 3.8) is 0 Å². The molecule has 2 rings (SSSR count). The molecular weight excluding hydrogens is 416 g/mol. The third-order valence-electron chi connectivity index (χ3n) is 4.67. The van der Waals surface area contributed by atoms with Gasteiger partial charge in [-0.2, -0.15) is 4.98 Å².